The Morgan fingerprint density at radius 2 is 2.12 bits per heavy atom. The van der Waals surface area contributed by atoms with E-state index in [0.717, 1.165) is 11.2 Å². The van der Waals surface area contributed by atoms with Crippen LogP contribution in [0.4, 0.5) is 0 Å². The van der Waals surface area contributed by atoms with Gasteiger partial charge < -0.3 is 9.67 Å². The van der Waals surface area contributed by atoms with Crippen LogP contribution >= 0.6 is 0 Å². The van der Waals surface area contributed by atoms with Crippen LogP contribution in [-0.4, -0.2) is 15.6 Å². The van der Waals surface area contributed by atoms with E-state index in [9.17, 15) is 4.79 Å². The van der Waals surface area contributed by atoms with Gasteiger partial charge in [-0.05, 0) is 25.5 Å². The zero-order chi connectivity index (χ0) is 11.7. The van der Waals surface area contributed by atoms with Crippen molar-refractivity contribution in [1.82, 2.24) is 4.57 Å². The zero-order valence-electron chi connectivity index (χ0n) is 9.53. The molecule has 3 heteroatoms. The van der Waals surface area contributed by atoms with Gasteiger partial charge in [-0.2, -0.15) is 0 Å². The van der Waals surface area contributed by atoms with E-state index in [2.05, 4.69) is 29.7 Å². The molecule has 0 aliphatic carbocycles. The number of rotatable bonds is 3. The zero-order valence-corrected chi connectivity index (χ0v) is 9.53. The number of hydrogen-bond acceptors (Lipinski definition) is 1. The fourth-order valence-electron chi connectivity index (χ4n) is 2.14. The molecule has 0 aliphatic rings. The quantitative estimate of drug-likeness (QED) is 0.858. The van der Waals surface area contributed by atoms with Crippen molar-refractivity contribution in [1.29, 1.82) is 0 Å². The summed E-state index contributed by atoms with van der Waals surface area (Å²) in [5.74, 6) is -0.755. The molecule has 1 aromatic carbocycles. The first kappa shape index (κ1) is 10.7. The molecule has 0 spiro atoms. The molecule has 1 N–H and O–H groups in total. The smallest absolute Gasteiger partial charge is 0.305 e. The number of carbonyl (C=O) groups is 1. The van der Waals surface area contributed by atoms with Gasteiger partial charge in [0.15, 0.2) is 0 Å². The number of fused-ring (bicyclic) bond motifs is 1. The van der Waals surface area contributed by atoms with Gasteiger partial charge in [-0.25, -0.2) is 0 Å². The standard InChI is InChI=1S/C13H15NO2/c1-9-4-3-5-11-8-10(2)14(13(9)11)7-6-12(15)16/h3-5,8H,6-7H2,1-2H3,(H,15,16). The number of carboxylic acid groups (broad SMARTS) is 1. The maximum atomic E-state index is 10.6. The molecule has 0 saturated carbocycles. The van der Waals surface area contributed by atoms with Crippen molar-refractivity contribution >= 4 is 16.9 Å². The Morgan fingerprint density at radius 3 is 2.81 bits per heavy atom. The van der Waals surface area contributed by atoms with Gasteiger partial charge in [0.25, 0.3) is 0 Å². The van der Waals surface area contributed by atoms with E-state index >= 15 is 0 Å². The van der Waals surface area contributed by atoms with Crippen LogP contribution in [0.5, 0.6) is 0 Å². The van der Waals surface area contributed by atoms with Gasteiger partial charge in [0.1, 0.15) is 0 Å². The SMILES string of the molecule is Cc1cccc2cc(C)n(CCC(=O)O)c12. The highest BCUT2D eigenvalue weighted by atomic mass is 16.4. The van der Waals surface area contributed by atoms with Crippen LogP contribution in [0.15, 0.2) is 24.3 Å². The Bertz CT molecular complexity index is 540. The third kappa shape index (κ3) is 1.81. The first-order valence-electron chi connectivity index (χ1n) is 5.37. The van der Waals surface area contributed by atoms with Gasteiger partial charge in [-0.15, -0.1) is 0 Å². The number of benzene rings is 1. The third-order valence-electron chi connectivity index (χ3n) is 2.88. The van der Waals surface area contributed by atoms with Crippen LogP contribution in [0, 0.1) is 13.8 Å². The largest absolute Gasteiger partial charge is 0.481 e. The summed E-state index contributed by atoms with van der Waals surface area (Å²) in [6, 6.07) is 8.24. The van der Waals surface area contributed by atoms with E-state index in [1.54, 1.807) is 0 Å². The van der Waals surface area contributed by atoms with E-state index in [4.69, 9.17) is 5.11 Å². The average Bonchev–Trinajstić information content (AvgIpc) is 2.52. The molecule has 0 aliphatic heterocycles. The van der Waals surface area contributed by atoms with Gasteiger partial charge in [0.2, 0.25) is 0 Å². The fraction of sp³-hybridized carbons (Fsp3) is 0.308. The van der Waals surface area contributed by atoms with Crippen LogP contribution in [0.25, 0.3) is 10.9 Å². The Morgan fingerprint density at radius 1 is 1.38 bits per heavy atom. The highest BCUT2D eigenvalue weighted by Crippen LogP contribution is 2.23. The Kier molecular flexibility index (Phi) is 2.69. The van der Waals surface area contributed by atoms with Crippen molar-refractivity contribution in [3.63, 3.8) is 0 Å². The maximum Gasteiger partial charge on any atom is 0.305 e. The molecule has 1 heterocycles. The summed E-state index contributed by atoms with van der Waals surface area (Å²) in [5.41, 5.74) is 3.46. The first-order chi connectivity index (χ1) is 7.59. The minimum atomic E-state index is -0.755. The fourth-order valence-corrected chi connectivity index (χ4v) is 2.14. The number of nitrogens with zero attached hydrogens (tertiary/aromatic N) is 1. The minimum Gasteiger partial charge on any atom is -0.481 e. The lowest BCUT2D eigenvalue weighted by atomic mass is 10.2. The number of carboxylic acids is 1. The van der Waals surface area contributed by atoms with Gasteiger partial charge in [-0.3, -0.25) is 4.79 Å². The Balaban J connectivity index is 2.50. The number of aromatic nitrogens is 1. The number of para-hydroxylation sites is 1. The van der Waals surface area contributed by atoms with Gasteiger partial charge in [0.05, 0.1) is 11.9 Å². The highest BCUT2D eigenvalue weighted by Gasteiger charge is 2.08. The van der Waals surface area contributed by atoms with Crippen LogP contribution in [-0.2, 0) is 11.3 Å². The molecule has 0 fully saturated rings. The highest BCUT2D eigenvalue weighted by molar-refractivity contribution is 5.84. The molecule has 2 aromatic rings. The molecule has 0 bridgehead atoms. The normalized spacial score (nSPS) is 10.9. The molecule has 0 saturated heterocycles. The van der Waals surface area contributed by atoms with Crippen LogP contribution in [0.3, 0.4) is 0 Å². The monoisotopic (exact) mass is 217 g/mol. The second-order valence-electron chi connectivity index (χ2n) is 4.09. The van der Waals surface area contributed by atoms with E-state index < -0.39 is 5.97 Å². The summed E-state index contributed by atoms with van der Waals surface area (Å²) in [4.78, 5) is 10.6. The molecule has 0 unspecified atom stereocenters. The molecule has 2 rings (SSSR count). The molecular formula is C13H15NO2. The lowest BCUT2D eigenvalue weighted by Gasteiger charge is -2.08. The number of hydrogen-bond donors (Lipinski definition) is 1. The van der Waals surface area contributed by atoms with Crippen molar-refractivity contribution in [3.05, 3.63) is 35.5 Å². The molecule has 0 amide bonds. The summed E-state index contributed by atoms with van der Waals surface area (Å²) in [5, 5.41) is 9.91. The van der Waals surface area contributed by atoms with Crippen molar-refractivity contribution in [3.8, 4) is 0 Å². The van der Waals surface area contributed by atoms with Gasteiger partial charge >= 0.3 is 5.97 Å². The van der Waals surface area contributed by atoms with Gasteiger partial charge in [0, 0.05) is 17.6 Å². The molecule has 0 atom stereocenters. The van der Waals surface area contributed by atoms with Crippen molar-refractivity contribution in [2.45, 2.75) is 26.8 Å². The topological polar surface area (TPSA) is 42.2 Å². The predicted molar refractivity (Wildman–Crippen MR) is 63.7 cm³/mol. The molecule has 16 heavy (non-hydrogen) atoms. The number of aliphatic carboxylic acids is 1. The van der Waals surface area contributed by atoms with Gasteiger partial charge in [-0.1, -0.05) is 18.2 Å². The summed E-state index contributed by atoms with van der Waals surface area (Å²) in [7, 11) is 0. The van der Waals surface area contributed by atoms with Crippen molar-refractivity contribution in [2.75, 3.05) is 0 Å². The first-order valence-corrected chi connectivity index (χ1v) is 5.37. The molecule has 0 radical (unpaired) electrons. The summed E-state index contributed by atoms with van der Waals surface area (Å²) in [6.45, 7) is 4.61. The lowest BCUT2D eigenvalue weighted by molar-refractivity contribution is -0.137. The maximum absolute atomic E-state index is 10.6. The second-order valence-corrected chi connectivity index (χ2v) is 4.09. The van der Waals surface area contributed by atoms with Crippen LogP contribution in [0.2, 0.25) is 0 Å². The van der Waals surface area contributed by atoms with Crippen LogP contribution in [0.1, 0.15) is 17.7 Å². The average molecular weight is 217 g/mol. The van der Waals surface area contributed by atoms with E-state index in [0.29, 0.717) is 6.54 Å². The Labute approximate surface area is 94.3 Å². The lowest BCUT2D eigenvalue weighted by Crippen LogP contribution is -2.06. The Hall–Kier alpha value is -1.77. The summed E-state index contributed by atoms with van der Waals surface area (Å²) in [6.07, 6.45) is 0.166. The molecular weight excluding hydrogens is 202 g/mol. The van der Waals surface area contributed by atoms with Crippen molar-refractivity contribution < 1.29 is 9.90 Å². The minimum absolute atomic E-state index is 0.166. The third-order valence-corrected chi connectivity index (χ3v) is 2.88. The van der Waals surface area contributed by atoms with E-state index in [1.165, 1.54) is 10.9 Å². The summed E-state index contributed by atoms with van der Waals surface area (Å²) < 4.78 is 2.08. The summed E-state index contributed by atoms with van der Waals surface area (Å²) >= 11 is 0. The molecule has 3 nitrogen and oxygen atoms in total. The second kappa shape index (κ2) is 4.00. The number of aryl methyl sites for hydroxylation is 3. The molecule has 1 aromatic heterocycles. The van der Waals surface area contributed by atoms with Crippen molar-refractivity contribution in [2.24, 2.45) is 0 Å². The predicted octanol–water partition coefficient (Wildman–Crippen LogP) is 2.73. The molecule has 84 valence electrons. The van der Waals surface area contributed by atoms with E-state index in [-0.39, 0.29) is 6.42 Å². The van der Waals surface area contributed by atoms with E-state index in [1.807, 2.05) is 13.0 Å². The van der Waals surface area contributed by atoms with Crippen LogP contribution < -0.4 is 0 Å².